The number of nitrogens with zero attached hydrogens (tertiary/aromatic N) is 5. The topological polar surface area (TPSA) is 89.6 Å². The lowest BCUT2D eigenvalue weighted by atomic mass is 10.2. The van der Waals surface area contributed by atoms with Crippen molar-refractivity contribution in [2.24, 2.45) is 0 Å². The number of morpholine rings is 1. The number of hydrogen-bond acceptors (Lipinski definition) is 8. The Labute approximate surface area is 117 Å². The first-order valence-electron chi connectivity index (χ1n) is 6.88. The zero-order valence-electron chi connectivity index (χ0n) is 11.7. The molecule has 2 N–H and O–H groups in total. The standard InChI is InChI=1S/C12H20N6O2/c1-19-12-15-10(13)14-11(16-12)18-3-2-9(8-18)17-4-6-20-7-5-17/h9H,2-8H2,1H3,(H2,13,14,15,16). The van der Waals surface area contributed by atoms with Crippen molar-refractivity contribution in [1.82, 2.24) is 19.9 Å². The number of nitrogen functional groups attached to an aromatic ring is 1. The molecule has 8 heteroatoms. The molecule has 20 heavy (non-hydrogen) atoms. The monoisotopic (exact) mass is 280 g/mol. The summed E-state index contributed by atoms with van der Waals surface area (Å²) in [6, 6.07) is 0.796. The van der Waals surface area contributed by atoms with Gasteiger partial charge in [0.1, 0.15) is 0 Å². The zero-order chi connectivity index (χ0) is 13.9. The Hall–Kier alpha value is -1.67. The van der Waals surface area contributed by atoms with Crippen molar-refractivity contribution in [2.45, 2.75) is 12.5 Å². The van der Waals surface area contributed by atoms with Gasteiger partial charge in [-0.3, -0.25) is 4.90 Å². The van der Waals surface area contributed by atoms with Crippen molar-refractivity contribution < 1.29 is 9.47 Å². The van der Waals surface area contributed by atoms with Crippen molar-refractivity contribution >= 4 is 11.9 Å². The molecular weight excluding hydrogens is 260 g/mol. The van der Waals surface area contributed by atoms with Gasteiger partial charge in [-0.25, -0.2) is 0 Å². The Balaban J connectivity index is 1.68. The molecule has 110 valence electrons. The minimum absolute atomic E-state index is 0.196. The lowest BCUT2D eigenvalue weighted by molar-refractivity contribution is 0.0209. The van der Waals surface area contributed by atoms with E-state index in [1.165, 1.54) is 7.11 Å². The molecule has 0 aromatic carbocycles. The van der Waals surface area contributed by atoms with Gasteiger partial charge >= 0.3 is 6.01 Å². The molecule has 1 aromatic rings. The predicted octanol–water partition coefficient (Wildman–Crippen LogP) is -0.627. The highest BCUT2D eigenvalue weighted by Crippen LogP contribution is 2.22. The van der Waals surface area contributed by atoms with Gasteiger partial charge in [0.2, 0.25) is 11.9 Å². The van der Waals surface area contributed by atoms with Gasteiger partial charge in [-0.1, -0.05) is 0 Å². The third-order valence-electron chi connectivity index (χ3n) is 3.81. The molecule has 1 unspecified atom stereocenters. The molecule has 0 spiro atoms. The number of methoxy groups -OCH3 is 1. The summed E-state index contributed by atoms with van der Waals surface area (Å²) in [6.07, 6.45) is 1.11. The summed E-state index contributed by atoms with van der Waals surface area (Å²) in [4.78, 5) is 17.0. The fourth-order valence-electron chi connectivity index (χ4n) is 2.76. The number of nitrogens with two attached hydrogens (primary N) is 1. The van der Waals surface area contributed by atoms with Crippen LogP contribution in [0.3, 0.4) is 0 Å². The number of hydrogen-bond donors (Lipinski definition) is 1. The number of ether oxygens (including phenoxy) is 2. The second-order valence-corrected chi connectivity index (χ2v) is 5.02. The lowest BCUT2D eigenvalue weighted by Crippen LogP contribution is -2.44. The number of rotatable bonds is 3. The molecule has 0 radical (unpaired) electrons. The molecule has 0 saturated carbocycles. The molecule has 2 saturated heterocycles. The van der Waals surface area contributed by atoms with Crippen molar-refractivity contribution in [3.8, 4) is 6.01 Å². The third kappa shape index (κ3) is 2.75. The van der Waals surface area contributed by atoms with Crippen molar-refractivity contribution in [3.05, 3.63) is 0 Å². The van der Waals surface area contributed by atoms with Gasteiger partial charge in [0.15, 0.2) is 0 Å². The molecule has 0 amide bonds. The van der Waals surface area contributed by atoms with E-state index in [4.69, 9.17) is 15.2 Å². The van der Waals surface area contributed by atoms with Crippen LogP contribution in [-0.4, -0.2) is 72.4 Å². The third-order valence-corrected chi connectivity index (χ3v) is 3.81. The molecule has 2 aliphatic rings. The maximum Gasteiger partial charge on any atom is 0.322 e. The van der Waals surface area contributed by atoms with Crippen LogP contribution >= 0.6 is 0 Å². The van der Waals surface area contributed by atoms with Crippen molar-refractivity contribution in [1.29, 1.82) is 0 Å². The van der Waals surface area contributed by atoms with Crippen LogP contribution in [0.1, 0.15) is 6.42 Å². The molecule has 3 heterocycles. The fraction of sp³-hybridized carbons (Fsp3) is 0.750. The Bertz CT molecular complexity index is 465. The summed E-state index contributed by atoms with van der Waals surface area (Å²) < 4.78 is 10.4. The highest BCUT2D eigenvalue weighted by atomic mass is 16.5. The van der Waals surface area contributed by atoms with E-state index in [0.717, 1.165) is 45.8 Å². The van der Waals surface area contributed by atoms with E-state index >= 15 is 0 Å². The van der Waals surface area contributed by atoms with Crippen LogP contribution in [-0.2, 0) is 4.74 Å². The maximum absolute atomic E-state index is 5.68. The molecular formula is C12H20N6O2. The minimum Gasteiger partial charge on any atom is -0.467 e. The summed E-state index contributed by atoms with van der Waals surface area (Å²) in [6.45, 7) is 5.48. The van der Waals surface area contributed by atoms with Crippen LogP contribution in [0.2, 0.25) is 0 Å². The van der Waals surface area contributed by atoms with Gasteiger partial charge < -0.3 is 20.1 Å². The van der Waals surface area contributed by atoms with Crippen LogP contribution in [0.25, 0.3) is 0 Å². The minimum atomic E-state index is 0.196. The van der Waals surface area contributed by atoms with Crippen LogP contribution in [0, 0.1) is 0 Å². The van der Waals surface area contributed by atoms with Gasteiger partial charge in [0, 0.05) is 32.2 Å². The summed E-state index contributed by atoms with van der Waals surface area (Å²) in [7, 11) is 1.53. The number of aromatic nitrogens is 3. The van der Waals surface area contributed by atoms with Crippen molar-refractivity contribution in [2.75, 3.05) is 57.1 Å². The molecule has 0 aliphatic carbocycles. The van der Waals surface area contributed by atoms with E-state index in [0.29, 0.717) is 12.0 Å². The molecule has 2 aliphatic heterocycles. The van der Waals surface area contributed by atoms with Crippen molar-refractivity contribution in [3.63, 3.8) is 0 Å². The second-order valence-electron chi connectivity index (χ2n) is 5.02. The molecule has 1 atom stereocenters. The normalized spacial score (nSPS) is 24.1. The van der Waals surface area contributed by atoms with E-state index in [1.54, 1.807) is 0 Å². The summed E-state index contributed by atoms with van der Waals surface area (Å²) in [5, 5.41) is 0. The summed E-state index contributed by atoms with van der Waals surface area (Å²) >= 11 is 0. The Kier molecular flexibility index (Phi) is 3.83. The highest BCUT2D eigenvalue weighted by molar-refractivity contribution is 5.37. The largest absolute Gasteiger partial charge is 0.467 e. The average molecular weight is 280 g/mol. The van der Waals surface area contributed by atoms with E-state index in [9.17, 15) is 0 Å². The van der Waals surface area contributed by atoms with Crippen LogP contribution in [0.4, 0.5) is 11.9 Å². The summed E-state index contributed by atoms with van der Waals surface area (Å²) in [5.41, 5.74) is 5.68. The van der Waals surface area contributed by atoms with E-state index in [1.807, 2.05) is 0 Å². The molecule has 3 rings (SSSR count). The Morgan fingerprint density at radius 2 is 2.00 bits per heavy atom. The van der Waals surface area contributed by atoms with Gasteiger partial charge in [-0.15, -0.1) is 0 Å². The van der Waals surface area contributed by atoms with Gasteiger partial charge in [-0.05, 0) is 6.42 Å². The van der Waals surface area contributed by atoms with E-state index < -0.39 is 0 Å². The van der Waals surface area contributed by atoms with Crippen LogP contribution < -0.4 is 15.4 Å². The average Bonchev–Trinajstić information content (AvgIpc) is 2.97. The van der Waals surface area contributed by atoms with Gasteiger partial charge in [0.05, 0.1) is 20.3 Å². The first-order valence-corrected chi connectivity index (χ1v) is 6.88. The first kappa shape index (κ1) is 13.3. The second kappa shape index (κ2) is 5.76. The molecule has 0 bridgehead atoms. The molecule has 1 aromatic heterocycles. The molecule has 8 nitrogen and oxygen atoms in total. The lowest BCUT2D eigenvalue weighted by Gasteiger charge is -2.32. The fourth-order valence-corrected chi connectivity index (χ4v) is 2.76. The predicted molar refractivity (Wildman–Crippen MR) is 73.8 cm³/mol. The Morgan fingerprint density at radius 1 is 1.20 bits per heavy atom. The van der Waals surface area contributed by atoms with Crippen LogP contribution in [0.5, 0.6) is 6.01 Å². The van der Waals surface area contributed by atoms with Gasteiger partial charge in [0.25, 0.3) is 0 Å². The van der Waals surface area contributed by atoms with E-state index in [-0.39, 0.29) is 12.0 Å². The Morgan fingerprint density at radius 3 is 2.75 bits per heavy atom. The van der Waals surface area contributed by atoms with E-state index in [2.05, 4.69) is 24.8 Å². The first-order chi connectivity index (χ1) is 9.76. The molecule has 2 fully saturated rings. The zero-order valence-corrected chi connectivity index (χ0v) is 11.7. The highest BCUT2D eigenvalue weighted by Gasteiger charge is 2.30. The smallest absolute Gasteiger partial charge is 0.322 e. The summed E-state index contributed by atoms with van der Waals surface area (Å²) in [5.74, 6) is 0.798. The SMILES string of the molecule is COc1nc(N)nc(N2CCC(N3CCOCC3)C2)n1. The van der Waals surface area contributed by atoms with Gasteiger partial charge in [-0.2, -0.15) is 15.0 Å². The quantitative estimate of drug-likeness (QED) is 0.783. The van der Waals surface area contributed by atoms with Crippen LogP contribution in [0.15, 0.2) is 0 Å². The maximum atomic E-state index is 5.68. The number of anilines is 2.